The molecule has 2 saturated heterocycles. The van der Waals surface area contributed by atoms with E-state index in [2.05, 4.69) is 16.0 Å². The number of likely N-dealkylation sites (N-methyl/N-ethyl adjacent to an activating group) is 7. The Morgan fingerprint density at radius 2 is 1.01 bits per heavy atom. The predicted molar refractivity (Wildman–Crippen MR) is 347 cm³/mol. The summed E-state index contributed by atoms with van der Waals surface area (Å²) in [5, 5.41) is 20.7. The van der Waals surface area contributed by atoms with Crippen LogP contribution in [-0.4, -0.2) is 255 Å². The van der Waals surface area contributed by atoms with E-state index in [9.17, 15) is 33.9 Å². The number of nitrogens with zero attached hydrogens (tertiary/aromatic N) is 8. The number of fused-ring (bicyclic) bond motifs is 2. The van der Waals surface area contributed by atoms with Gasteiger partial charge in [-0.15, -0.1) is 0 Å². The molecule has 0 radical (unpaired) electrons. The number of hydrogen-bond donors (Lipinski definition) is 5. The van der Waals surface area contributed by atoms with E-state index in [0.29, 0.717) is 12.2 Å². The van der Waals surface area contributed by atoms with E-state index in [1.54, 1.807) is 61.5 Å². The number of thioether (sulfide) groups is 1. The van der Waals surface area contributed by atoms with Gasteiger partial charge in [-0.25, -0.2) is 0 Å². The average Bonchev–Trinajstić information content (AvgIpc) is 1.84. The maximum Gasteiger partial charge on any atom is 0.246 e. The van der Waals surface area contributed by atoms with Crippen LogP contribution in [0, 0.1) is 35.5 Å². The van der Waals surface area contributed by atoms with Crippen LogP contribution in [0.4, 0.5) is 0 Å². The number of nitrogens with two attached hydrogens (primary N) is 1. The second kappa shape index (κ2) is 35.7. The van der Waals surface area contributed by atoms with Gasteiger partial charge in [0.15, 0.2) is 0 Å². The van der Waals surface area contributed by atoms with Gasteiger partial charge in [0.1, 0.15) is 66.5 Å². The van der Waals surface area contributed by atoms with Gasteiger partial charge in [0.05, 0.1) is 6.10 Å². The van der Waals surface area contributed by atoms with Crippen molar-refractivity contribution in [2.45, 2.75) is 228 Å². The summed E-state index contributed by atoms with van der Waals surface area (Å²) in [4.78, 5) is 173. The zero-order valence-corrected chi connectivity index (χ0v) is 58.8. The van der Waals surface area contributed by atoms with Gasteiger partial charge in [0.25, 0.3) is 0 Å². The Bertz CT molecular complexity index is 2480. The Kier molecular flexibility index (Phi) is 31.8. The molecule has 0 aliphatic carbocycles. The molecule has 25 heteroatoms. The second-order valence-corrected chi connectivity index (χ2v) is 28.0. The Hall–Kier alpha value is -5.82. The molecular formula is C64H114N12O12S. The lowest BCUT2D eigenvalue weighted by Gasteiger charge is -2.41. The molecule has 2 heterocycles. The zero-order valence-electron chi connectivity index (χ0n) is 58.0. The summed E-state index contributed by atoms with van der Waals surface area (Å²) in [6.07, 6.45) is 2.95. The lowest BCUT2D eigenvalue weighted by molar-refractivity contribution is -0.157. The molecule has 1 unspecified atom stereocenters. The molecule has 0 saturated carbocycles. The molecule has 24 nitrogen and oxygen atoms in total. The fourth-order valence-electron chi connectivity index (χ4n) is 11.9. The average molecular weight is 1280 g/mol. The number of amides is 11. The molecular weight excluding hydrogens is 1160 g/mol. The summed E-state index contributed by atoms with van der Waals surface area (Å²) >= 11 is 1.30. The maximum atomic E-state index is 15.3. The summed E-state index contributed by atoms with van der Waals surface area (Å²) in [5.74, 6) is -8.95. The van der Waals surface area contributed by atoms with Crippen LogP contribution in [0.5, 0.6) is 0 Å². The van der Waals surface area contributed by atoms with Gasteiger partial charge >= 0.3 is 0 Å². The van der Waals surface area contributed by atoms with Crippen LogP contribution >= 0.6 is 11.8 Å². The van der Waals surface area contributed by atoms with Crippen LogP contribution in [0.25, 0.3) is 0 Å². The highest BCUT2D eigenvalue weighted by Crippen LogP contribution is 2.29. The third-order valence-corrected chi connectivity index (χ3v) is 18.6. The summed E-state index contributed by atoms with van der Waals surface area (Å²) in [5.41, 5.74) is 5.91. The molecule has 2 aliphatic heterocycles. The van der Waals surface area contributed by atoms with E-state index in [1.165, 1.54) is 109 Å². The number of carbonyl (C=O) groups is 11. The van der Waals surface area contributed by atoms with Crippen molar-refractivity contribution in [3.63, 3.8) is 0 Å². The monoisotopic (exact) mass is 1270 g/mol. The van der Waals surface area contributed by atoms with E-state index in [-0.39, 0.29) is 62.2 Å². The number of allylic oxidation sites excluding steroid dienone is 2. The SMILES string of the molecule is CC=CC[C@@H](C)[C@@H](O)[C@@H]1C(=O)N[C@H](CC)C(=O)N(C)[C@H](CSCCN)C(=O)N(C)[C@@H](CC(C)C)C(=O)N[C@H](C(C)C)C(=O)N(C)[C@@H]2CC(C)N(C2=O)[C@H](C)C(=O)N[C@@H](C)C(=O)N(C)[C@H](CC(C)C)C(=O)N(C)[C@H](CC(C)C)C(=O)N(C)[C@H](C(C)C)C(=O)N1C. The van der Waals surface area contributed by atoms with Crippen molar-refractivity contribution in [2.24, 2.45) is 41.2 Å². The first-order valence-electron chi connectivity index (χ1n) is 32.0. The molecule has 2 rings (SSSR count). The van der Waals surface area contributed by atoms with Crippen LogP contribution < -0.4 is 21.7 Å². The minimum Gasteiger partial charge on any atom is -0.390 e. The Morgan fingerprint density at radius 3 is 1.49 bits per heavy atom. The van der Waals surface area contributed by atoms with Gasteiger partial charge < -0.3 is 66.0 Å². The smallest absolute Gasteiger partial charge is 0.246 e. The first-order chi connectivity index (χ1) is 41.3. The van der Waals surface area contributed by atoms with Crippen LogP contribution in [-0.2, 0) is 52.7 Å². The topological polar surface area (TPSA) is 296 Å². The van der Waals surface area contributed by atoms with Gasteiger partial charge in [-0.1, -0.05) is 95.2 Å². The molecule has 2 aliphatic rings. The van der Waals surface area contributed by atoms with Gasteiger partial charge in [-0.2, -0.15) is 11.8 Å². The number of aliphatic hydroxyl groups excluding tert-OH is 1. The van der Waals surface area contributed by atoms with Crippen molar-refractivity contribution in [3.05, 3.63) is 12.2 Å². The Morgan fingerprint density at radius 1 is 0.539 bits per heavy atom. The minimum atomic E-state index is -1.63. The van der Waals surface area contributed by atoms with E-state index in [1.807, 2.05) is 47.6 Å². The fourth-order valence-corrected chi connectivity index (χ4v) is 12.9. The molecule has 89 heavy (non-hydrogen) atoms. The van der Waals surface area contributed by atoms with Crippen molar-refractivity contribution in [1.82, 2.24) is 55.1 Å². The molecule has 6 N–H and O–H groups in total. The summed E-state index contributed by atoms with van der Waals surface area (Å²) in [6, 6.07) is -14.0. The third-order valence-electron chi connectivity index (χ3n) is 17.5. The quantitative estimate of drug-likeness (QED) is 0.103. The van der Waals surface area contributed by atoms with Crippen molar-refractivity contribution in [3.8, 4) is 0 Å². The number of hydrogen-bond acceptors (Lipinski definition) is 14. The standard InChI is InChI=1S/C64H114N12O12S/c1-24-26-27-40(13)53(77)52-56(80)67-44(25-2)58(82)73(21)49(34-89-29-28-65)61(85)69(17)45(30-35(3)4)55(79)68-50(38(9)10)63(87)72(20)48-33-41(14)76(62(48)86)43(16)54(78)66-42(15)57(81)70(18)46(31-36(5)6)59(83)71(19)47(32-37(7)8)60(84)74(22)51(39(11)12)64(88)75(52)23/h24,26,35-53,77H,25,27-34,65H2,1-23H3,(H,66,78)(H,67,80)(H,68,79)/t40-,41?,42+,43-,44-,45+,46-,47-,48-,49-,50-,51-,52-,53-/m1/s1. The first-order valence-corrected chi connectivity index (χ1v) is 33.1. The van der Waals surface area contributed by atoms with E-state index >= 15 is 24.0 Å². The normalized spacial score (nSPS) is 28.4. The number of nitrogens with one attached hydrogen (secondary N) is 3. The van der Waals surface area contributed by atoms with E-state index in [4.69, 9.17) is 5.73 Å². The minimum absolute atomic E-state index is 0.00142. The molecule has 2 fully saturated rings. The van der Waals surface area contributed by atoms with Crippen molar-refractivity contribution >= 4 is 76.7 Å². The highest BCUT2D eigenvalue weighted by Gasteiger charge is 2.49. The zero-order chi connectivity index (χ0) is 68.5. The van der Waals surface area contributed by atoms with Crippen LogP contribution in [0.3, 0.4) is 0 Å². The van der Waals surface area contributed by atoms with Crippen molar-refractivity contribution in [2.75, 3.05) is 67.4 Å². The first kappa shape index (κ1) is 79.3. The van der Waals surface area contributed by atoms with Crippen LogP contribution in [0.2, 0.25) is 0 Å². The third kappa shape index (κ3) is 20.3. The molecule has 0 aromatic heterocycles. The Balaban J connectivity index is 3.06. The highest BCUT2D eigenvalue weighted by atomic mass is 32.2. The van der Waals surface area contributed by atoms with Crippen molar-refractivity contribution in [1.29, 1.82) is 0 Å². The van der Waals surface area contributed by atoms with Gasteiger partial charge in [-0.05, 0) is 102 Å². The molecule has 508 valence electrons. The lowest BCUT2D eigenvalue weighted by Crippen LogP contribution is -2.64. The summed E-state index contributed by atoms with van der Waals surface area (Å²) < 4.78 is 0. The van der Waals surface area contributed by atoms with E-state index < -0.39 is 161 Å². The molecule has 0 aromatic rings. The molecule has 11 amide bonds. The maximum absolute atomic E-state index is 15.3. The lowest BCUT2D eigenvalue weighted by atomic mass is 9.91. The molecule has 0 aromatic carbocycles. The Labute approximate surface area is 536 Å². The highest BCUT2D eigenvalue weighted by molar-refractivity contribution is 7.99. The molecule has 2 bridgehead atoms. The number of carbonyl (C=O) groups excluding carboxylic acids is 11. The molecule has 14 atom stereocenters. The van der Waals surface area contributed by atoms with Crippen LogP contribution in [0.15, 0.2) is 12.2 Å². The second-order valence-electron chi connectivity index (χ2n) is 26.8. The number of rotatable bonds is 17. The van der Waals surface area contributed by atoms with Gasteiger partial charge in [0, 0.05) is 73.4 Å². The van der Waals surface area contributed by atoms with E-state index in [0.717, 1.165) is 4.90 Å². The van der Waals surface area contributed by atoms with Gasteiger partial charge in [0.2, 0.25) is 65.0 Å². The fraction of sp³-hybridized carbons (Fsp3) is 0.797. The van der Waals surface area contributed by atoms with Crippen molar-refractivity contribution < 1.29 is 57.8 Å². The summed E-state index contributed by atoms with van der Waals surface area (Å²) in [6.45, 7) is 28.4. The largest absolute Gasteiger partial charge is 0.390 e. The predicted octanol–water partition coefficient (Wildman–Crippen LogP) is 2.79. The van der Waals surface area contributed by atoms with Gasteiger partial charge in [-0.3, -0.25) is 52.7 Å². The van der Waals surface area contributed by atoms with Crippen LogP contribution in [0.1, 0.15) is 149 Å². The number of aliphatic hydroxyl groups is 1. The molecule has 0 spiro atoms. The summed E-state index contributed by atoms with van der Waals surface area (Å²) in [7, 11) is 10.1.